The highest BCUT2D eigenvalue weighted by Crippen LogP contribution is 2.30. The lowest BCUT2D eigenvalue weighted by Gasteiger charge is -2.26. The number of carbonyl (C=O) groups excluding carboxylic acids is 3. The largest absolute Gasteiger partial charge is 0.488 e. The molecule has 0 atom stereocenters. The average Bonchev–Trinajstić information content (AvgIpc) is 2.78. The number of benzene rings is 3. The molecule has 1 aliphatic heterocycles. The van der Waals surface area contributed by atoms with E-state index in [1.165, 1.54) is 6.08 Å². The van der Waals surface area contributed by atoms with Crippen molar-refractivity contribution in [2.75, 3.05) is 4.90 Å². The van der Waals surface area contributed by atoms with Gasteiger partial charge < -0.3 is 4.74 Å². The van der Waals surface area contributed by atoms with Crippen molar-refractivity contribution < 1.29 is 19.1 Å². The second kappa shape index (κ2) is 10.3. The van der Waals surface area contributed by atoms with Crippen molar-refractivity contribution in [3.05, 3.63) is 96.4 Å². The molecule has 0 saturated carbocycles. The fourth-order valence-corrected chi connectivity index (χ4v) is 4.30. The quantitative estimate of drug-likeness (QED) is 0.251. The van der Waals surface area contributed by atoms with Crippen LogP contribution in [0.2, 0.25) is 10.0 Å². The first-order chi connectivity index (χ1) is 16.2. The molecule has 1 heterocycles. The number of anilines is 1. The summed E-state index contributed by atoms with van der Waals surface area (Å²) in [6.45, 7) is 0.136. The maximum Gasteiger partial charge on any atom is 0.335 e. The molecule has 0 aromatic heterocycles. The zero-order valence-corrected chi connectivity index (χ0v) is 21.8. The third kappa shape index (κ3) is 5.36. The van der Waals surface area contributed by atoms with Gasteiger partial charge in [-0.25, -0.2) is 9.69 Å². The number of nitrogens with zero attached hydrogens (tertiary/aromatic N) is 1. The van der Waals surface area contributed by atoms with Crippen molar-refractivity contribution in [2.24, 2.45) is 0 Å². The van der Waals surface area contributed by atoms with Gasteiger partial charge in [0.25, 0.3) is 11.8 Å². The monoisotopic (exact) mass is 622 g/mol. The Labute approximate surface area is 221 Å². The number of carbonyl (C=O) groups is 3. The number of ether oxygens (including phenoxy) is 1. The molecule has 172 valence electrons. The lowest BCUT2D eigenvalue weighted by Crippen LogP contribution is -2.54. The van der Waals surface area contributed by atoms with Crippen molar-refractivity contribution in [3.63, 3.8) is 0 Å². The second-order valence-corrected chi connectivity index (χ2v) is 9.82. The summed E-state index contributed by atoms with van der Waals surface area (Å²) in [5.41, 5.74) is 1.29. The van der Waals surface area contributed by atoms with Crippen LogP contribution >= 0.6 is 55.1 Å². The van der Waals surface area contributed by atoms with Gasteiger partial charge in [0.2, 0.25) is 0 Å². The molecule has 0 bridgehead atoms. The zero-order valence-electron chi connectivity index (χ0n) is 17.2. The molecule has 1 N–H and O–H groups in total. The smallest absolute Gasteiger partial charge is 0.335 e. The van der Waals surface area contributed by atoms with Crippen LogP contribution in [0.4, 0.5) is 10.5 Å². The van der Waals surface area contributed by atoms with Gasteiger partial charge in [0, 0.05) is 30.1 Å². The van der Waals surface area contributed by atoms with E-state index in [4.69, 9.17) is 27.9 Å². The number of rotatable bonds is 5. The number of halogens is 4. The van der Waals surface area contributed by atoms with Gasteiger partial charge in [-0.15, -0.1) is 0 Å². The summed E-state index contributed by atoms with van der Waals surface area (Å²) in [6.07, 6.45) is 1.39. The summed E-state index contributed by atoms with van der Waals surface area (Å²) in [4.78, 5) is 39.1. The van der Waals surface area contributed by atoms with E-state index in [-0.39, 0.29) is 12.2 Å². The van der Waals surface area contributed by atoms with Gasteiger partial charge in [0.1, 0.15) is 17.9 Å². The Hall–Kier alpha value is -2.65. The van der Waals surface area contributed by atoms with Crippen LogP contribution in [-0.4, -0.2) is 17.8 Å². The van der Waals surface area contributed by atoms with E-state index in [1.54, 1.807) is 60.7 Å². The van der Waals surface area contributed by atoms with Gasteiger partial charge in [-0.05, 0) is 60.7 Å². The van der Waals surface area contributed by atoms with Gasteiger partial charge in [-0.3, -0.25) is 14.9 Å². The molecule has 3 aromatic rings. The normalized spacial score (nSPS) is 15.0. The maximum absolute atomic E-state index is 13.2. The van der Waals surface area contributed by atoms with Crippen LogP contribution in [0.3, 0.4) is 0 Å². The van der Waals surface area contributed by atoms with Gasteiger partial charge in [-0.1, -0.05) is 61.1 Å². The van der Waals surface area contributed by atoms with Crippen LogP contribution in [0, 0.1) is 0 Å². The van der Waals surface area contributed by atoms with Crippen molar-refractivity contribution in [3.8, 4) is 5.75 Å². The molecule has 4 amide bonds. The van der Waals surface area contributed by atoms with Gasteiger partial charge >= 0.3 is 6.03 Å². The molecule has 0 aliphatic carbocycles. The first-order valence-electron chi connectivity index (χ1n) is 9.76. The molecule has 3 aromatic carbocycles. The summed E-state index contributed by atoms with van der Waals surface area (Å²) in [5, 5.41) is 3.18. The van der Waals surface area contributed by atoms with Crippen LogP contribution in [0.1, 0.15) is 11.1 Å². The van der Waals surface area contributed by atoms with E-state index in [2.05, 4.69) is 37.2 Å². The van der Waals surface area contributed by atoms with E-state index in [1.807, 2.05) is 0 Å². The lowest BCUT2D eigenvalue weighted by atomic mass is 10.1. The molecular weight excluding hydrogens is 611 g/mol. The Balaban J connectivity index is 1.67. The van der Waals surface area contributed by atoms with Gasteiger partial charge in [0.05, 0.1) is 5.69 Å². The second-order valence-electron chi connectivity index (χ2n) is 7.14. The standard InChI is InChI=1S/C24H14Br2Cl2N2O4/c25-15-2-6-18(7-3-15)30-23(32)19(22(31)29-24(30)33)10-14-9-16(26)4-8-21(14)34-12-13-1-5-17(27)11-20(13)28/h1-11H,12H2,(H,29,31,33)/b19-10+. The first kappa shape index (κ1) is 24.5. The van der Waals surface area contributed by atoms with Crippen molar-refractivity contribution in [1.82, 2.24) is 5.32 Å². The number of nitrogens with one attached hydrogen (secondary N) is 1. The molecular formula is C24H14Br2Cl2N2O4. The van der Waals surface area contributed by atoms with E-state index in [0.717, 1.165) is 9.37 Å². The van der Waals surface area contributed by atoms with Crippen LogP contribution in [0.5, 0.6) is 5.75 Å². The maximum atomic E-state index is 13.2. The Morgan fingerprint density at radius 3 is 2.32 bits per heavy atom. The molecule has 34 heavy (non-hydrogen) atoms. The number of hydrogen-bond acceptors (Lipinski definition) is 4. The molecule has 1 saturated heterocycles. The summed E-state index contributed by atoms with van der Waals surface area (Å²) in [5.74, 6) is -1.13. The number of urea groups is 1. The third-order valence-corrected chi connectivity index (χ3v) is 6.47. The first-order valence-corrected chi connectivity index (χ1v) is 12.1. The van der Waals surface area contributed by atoms with Crippen LogP contribution in [0.25, 0.3) is 6.08 Å². The summed E-state index contributed by atoms with van der Waals surface area (Å²) >= 11 is 18.9. The number of imide groups is 2. The number of amides is 4. The fraction of sp³-hybridized carbons (Fsp3) is 0.0417. The van der Waals surface area contributed by atoms with Crippen molar-refractivity contribution in [2.45, 2.75) is 6.61 Å². The van der Waals surface area contributed by atoms with Gasteiger partial charge in [-0.2, -0.15) is 0 Å². The van der Waals surface area contributed by atoms with E-state index in [9.17, 15) is 14.4 Å². The van der Waals surface area contributed by atoms with E-state index in [0.29, 0.717) is 37.1 Å². The predicted molar refractivity (Wildman–Crippen MR) is 138 cm³/mol. The van der Waals surface area contributed by atoms with Crippen molar-refractivity contribution in [1.29, 1.82) is 0 Å². The topological polar surface area (TPSA) is 75.7 Å². The Bertz CT molecular complexity index is 1340. The number of hydrogen-bond donors (Lipinski definition) is 1. The minimum atomic E-state index is -0.822. The Morgan fingerprint density at radius 2 is 1.62 bits per heavy atom. The van der Waals surface area contributed by atoms with Crippen LogP contribution in [-0.2, 0) is 16.2 Å². The molecule has 0 spiro atoms. The predicted octanol–water partition coefficient (Wildman–Crippen LogP) is 6.76. The molecule has 6 nitrogen and oxygen atoms in total. The zero-order chi connectivity index (χ0) is 24.4. The van der Waals surface area contributed by atoms with Crippen LogP contribution in [0.15, 0.2) is 75.2 Å². The highest BCUT2D eigenvalue weighted by atomic mass is 79.9. The minimum absolute atomic E-state index is 0.136. The van der Waals surface area contributed by atoms with Crippen molar-refractivity contribution >= 4 is 84.7 Å². The van der Waals surface area contributed by atoms with Gasteiger partial charge in [0.15, 0.2) is 0 Å². The molecule has 1 fully saturated rings. The molecule has 4 rings (SSSR count). The molecule has 1 aliphatic rings. The fourth-order valence-electron chi connectivity index (χ4n) is 3.20. The van der Waals surface area contributed by atoms with Crippen LogP contribution < -0.4 is 15.0 Å². The average molecular weight is 625 g/mol. The lowest BCUT2D eigenvalue weighted by molar-refractivity contribution is -0.122. The summed E-state index contributed by atoms with van der Waals surface area (Å²) < 4.78 is 7.43. The van der Waals surface area contributed by atoms with E-state index < -0.39 is 17.8 Å². The summed E-state index contributed by atoms with van der Waals surface area (Å²) in [6, 6.07) is 16.0. The summed E-state index contributed by atoms with van der Waals surface area (Å²) in [7, 11) is 0. The molecule has 0 unspecified atom stereocenters. The molecule has 0 radical (unpaired) electrons. The SMILES string of the molecule is O=C1NC(=O)N(c2ccc(Br)cc2)C(=O)/C1=C/c1cc(Br)ccc1OCc1ccc(Cl)cc1Cl. The Kier molecular flexibility index (Phi) is 7.42. The molecule has 10 heteroatoms. The highest BCUT2D eigenvalue weighted by molar-refractivity contribution is 9.10. The van der Waals surface area contributed by atoms with E-state index >= 15 is 0 Å². The third-order valence-electron chi connectivity index (χ3n) is 4.86. The highest BCUT2D eigenvalue weighted by Gasteiger charge is 2.37. The Morgan fingerprint density at radius 1 is 0.912 bits per heavy atom. The minimum Gasteiger partial charge on any atom is -0.488 e. The number of barbiturate groups is 1.